The van der Waals surface area contributed by atoms with Crippen molar-refractivity contribution in [1.82, 2.24) is 30.1 Å². The average molecular weight is 687 g/mol. The van der Waals surface area contributed by atoms with Crippen molar-refractivity contribution in [2.75, 3.05) is 57.8 Å². The Labute approximate surface area is 285 Å². The first-order valence-corrected chi connectivity index (χ1v) is 16.4. The number of rotatable bonds is 8. The Kier molecular flexibility index (Phi) is 11.3. The number of nitrogens with zero attached hydrogens (tertiary/aromatic N) is 6. The molecule has 5 rings (SSSR count). The van der Waals surface area contributed by atoms with Crippen LogP contribution in [-0.2, 0) is 16.0 Å². The first kappa shape index (κ1) is 34.5. The van der Waals surface area contributed by atoms with Crippen LogP contribution in [0.4, 0.5) is 15.5 Å². The first-order chi connectivity index (χ1) is 22.4. The molecule has 3 aromatic rings. The quantitative estimate of drug-likeness (QED) is 0.291. The molecule has 47 heavy (non-hydrogen) atoms. The van der Waals surface area contributed by atoms with E-state index in [1.165, 1.54) is 7.11 Å². The summed E-state index contributed by atoms with van der Waals surface area (Å²) >= 11 is 12.7. The van der Waals surface area contributed by atoms with Gasteiger partial charge in [0.1, 0.15) is 5.60 Å². The number of amides is 2. The molecule has 1 aromatic carbocycles. The lowest BCUT2D eigenvalue weighted by Crippen LogP contribution is -2.50. The van der Waals surface area contributed by atoms with Gasteiger partial charge in [0.25, 0.3) is 0 Å². The number of anilines is 1. The molecule has 0 aliphatic carbocycles. The highest BCUT2D eigenvalue weighted by Crippen LogP contribution is 2.31. The standard InChI is InChI=1S/C33H41Cl2N7O5/c1-33(2,3)47-32(44)42-11-9-41(10-12-42)30-36-19-27(20-37-30)46-29-14-23(13-28(39-29)24-15-25(34)17-26(35)16-24)21-40-7-5-22(6-8-40)18-38-31(43)45-4/h13-17,19-20,22H,5-12,18,21H2,1-4H3,(H,38,43). The van der Waals surface area contributed by atoms with Crippen molar-refractivity contribution in [3.8, 4) is 22.9 Å². The average Bonchev–Trinajstić information content (AvgIpc) is 3.03. The molecule has 0 saturated carbocycles. The Morgan fingerprint density at radius 2 is 1.60 bits per heavy atom. The van der Waals surface area contributed by atoms with Crippen LogP contribution in [0, 0.1) is 5.92 Å². The fourth-order valence-electron chi connectivity index (χ4n) is 5.52. The maximum Gasteiger partial charge on any atom is 0.410 e. The number of benzene rings is 1. The summed E-state index contributed by atoms with van der Waals surface area (Å²) in [6, 6.07) is 9.27. The van der Waals surface area contributed by atoms with Crippen LogP contribution in [-0.4, -0.2) is 95.5 Å². The molecule has 2 aliphatic rings. The molecule has 2 saturated heterocycles. The topological polar surface area (TPSA) is 122 Å². The predicted molar refractivity (Wildman–Crippen MR) is 180 cm³/mol. The van der Waals surface area contributed by atoms with Gasteiger partial charge in [-0.1, -0.05) is 23.2 Å². The number of pyridine rings is 1. The Hall–Kier alpha value is -3.87. The molecule has 2 aliphatic heterocycles. The third-order valence-electron chi connectivity index (χ3n) is 7.90. The minimum Gasteiger partial charge on any atom is -0.453 e. The zero-order valence-corrected chi connectivity index (χ0v) is 28.7. The van der Waals surface area contributed by atoms with Crippen molar-refractivity contribution in [2.24, 2.45) is 5.92 Å². The minimum atomic E-state index is -0.535. The number of hydrogen-bond acceptors (Lipinski definition) is 10. The second-order valence-corrected chi connectivity index (χ2v) is 13.6. The molecular formula is C33H41Cl2N7O5. The highest BCUT2D eigenvalue weighted by atomic mass is 35.5. The third-order valence-corrected chi connectivity index (χ3v) is 8.34. The highest BCUT2D eigenvalue weighted by molar-refractivity contribution is 6.35. The van der Waals surface area contributed by atoms with E-state index >= 15 is 0 Å². The normalized spacial score (nSPS) is 16.1. The van der Waals surface area contributed by atoms with Crippen LogP contribution in [0.15, 0.2) is 42.7 Å². The molecule has 0 spiro atoms. The Bertz CT molecular complexity index is 1520. The maximum absolute atomic E-state index is 12.4. The zero-order chi connectivity index (χ0) is 33.6. The smallest absolute Gasteiger partial charge is 0.410 e. The number of nitrogens with one attached hydrogen (secondary N) is 1. The van der Waals surface area contributed by atoms with Gasteiger partial charge in [-0.25, -0.2) is 24.5 Å². The molecule has 0 atom stereocenters. The van der Waals surface area contributed by atoms with Gasteiger partial charge in [-0.15, -0.1) is 0 Å². The van der Waals surface area contributed by atoms with Gasteiger partial charge in [-0.2, -0.15) is 0 Å². The monoisotopic (exact) mass is 685 g/mol. The van der Waals surface area contributed by atoms with Gasteiger partial charge in [0.05, 0.1) is 25.2 Å². The van der Waals surface area contributed by atoms with Crippen LogP contribution in [0.3, 0.4) is 0 Å². The van der Waals surface area contributed by atoms with E-state index in [2.05, 4.69) is 20.2 Å². The molecule has 0 bridgehead atoms. The van der Waals surface area contributed by atoms with E-state index in [4.69, 9.17) is 42.4 Å². The molecule has 1 N–H and O–H groups in total. The number of methoxy groups -OCH3 is 1. The van der Waals surface area contributed by atoms with E-state index in [9.17, 15) is 9.59 Å². The van der Waals surface area contributed by atoms with Crippen LogP contribution < -0.4 is 15.0 Å². The summed E-state index contributed by atoms with van der Waals surface area (Å²) in [6.45, 7) is 10.9. The molecule has 2 aromatic heterocycles. The van der Waals surface area contributed by atoms with E-state index in [0.717, 1.165) is 37.1 Å². The zero-order valence-electron chi connectivity index (χ0n) is 27.2. The lowest BCUT2D eigenvalue weighted by molar-refractivity contribution is 0.0240. The van der Waals surface area contributed by atoms with Crippen molar-refractivity contribution in [2.45, 2.75) is 45.8 Å². The number of carbonyl (C=O) groups excluding carboxylic acids is 2. The lowest BCUT2D eigenvalue weighted by Gasteiger charge is -2.35. The minimum absolute atomic E-state index is 0.312. The van der Waals surface area contributed by atoms with Gasteiger partial charge in [-0.05, 0) is 82.4 Å². The Balaban J connectivity index is 1.25. The van der Waals surface area contributed by atoms with Crippen molar-refractivity contribution in [3.05, 3.63) is 58.3 Å². The van der Waals surface area contributed by atoms with Crippen LogP contribution in [0.5, 0.6) is 11.6 Å². The SMILES string of the molecule is COC(=O)NCC1CCN(Cc2cc(Oc3cnc(N4CCN(C(=O)OC(C)(C)C)CC4)nc3)nc(-c3cc(Cl)cc(Cl)c3)c2)CC1. The molecule has 2 fully saturated rings. The number of aromatic nitrogens is 3. The summed E-state index contributed by atoms with van der Waals surface area (Å²) in [7, 11) is 1.37. The van der Waals surface area contributed by atoms with Gasteiger partial charge < -0.3 is 29.3 Å². The number of ether oxygens (including phenoxy) is 3. The largest absolute Gasteiger partial charge is 0.453 e. The van der Waals surface area contributed by atoms with Gasteiger partial charge in [0, 0.05) is 60.9 Å². The Morgan fingerprint density at radius 3 is 2.21 bits per heavy atom. The summed E-state index contributed by atoms with van der Waals surface area (Å²) < 4.78 is 16.4. The first-order valence-electron chi connectivity index (χ1n) is 15.7. The van der Waals surface area contributed by atoms with Gasteiger partial charge in [0.15, 0.2) is 5.75 Å². The summed E-state index contributed by atoms with van der Waals surface area (Å²) in [5, 5.41) is 3.84. The molecule has 0 unspecified atom stereocenters. The van der Waals surface area contributed by atoms with Crippen LogP contribution >= 0.6 is 23.2 Å². The van der Waals surface area contributed by atoms with Gasteiger partial charge in [-0.3, -0.25) is 4.90 Å². The van der Waals surface area contributed by atoms with Crippen LogP contribution in [0.1, 0.15) is 39.2 Å². The van der Waals surface area contributed by atoms with Crippen molar-refractivity contribution >= 4 is 41.3 Å². The summed E-state index contributed by atoms with van der Waals surface area (Å²) in [5.74, 6) is 1.80. The third kappa shape index (κ3) is 10.1. The van der Waals surface area contributed by atoms with E-state index < -0.39 is 11.7 Å². The maximum atomic E-state index is 12.4. The second-order valence-electron chi connectivity index (χ2n) is 12.7. The lowest BCUT2D eigenvalue weighted by atomic mass is 9.96. The number of piperazine rings is 1. The molecule has 2 amide bonds. The predicted octanol–water partition coefficient (Wildman–Crippen LogP) is 6.26. The number of halogens is 2. The number of carbonyl (C=O) groups is 2. The second kappa shape index (κ2) is 15.4. The Morgan fingerprint density at radius 1 is 0.936 bits per heavy atom. The van der Waals surface area contributed by atoms with E-state index in [1.807, 2.05) is 49.9 Å². The molecule has 0 radical (unpaired) electrons. The van der Waals surface area contributed by atoms with Crippen LogP contribution in [0.25, 0.3) is 11.3 Å². The van der Waals surface area contributed by atoms with Crippen molar-refractivity contribution < 1.29 is 23.8 Å². The molecule has 4 heterocycles. The van der Waals surface area contributed by atoms with E-state index in [-0.39, 0.29) is 6.09 Å². The summed E-state index contributed by atoms with van der Waals surface area (Å²) in [4.78, 5) is 43.8. The number of alkyl carbamates (subject to hydrolysis) is 1. The van der Waals surface area contributed by atoms with Gasteiger partial charge >= 0.3 is 12.2 Å². The molecule has 12 nitrogen and oxygen atoms in total. The summed E-state index contributed by atoms with van der Waals surface area (Å²) in [6.07, 6.45) is 4.47. The fourth-order valence-corrected chi connectivity index (χ4v) is 6.05. The van der Waals surface area contributed by atoms with Crippen molar-refractivity contribution in [3.63, 3.8) is 0 Å². The fraction of sp³-hybridized carbons (Fsp3) is 0.485. The molecular weight excluding hydrogens is 645 g/mol. The van der Waals surface area contributed by atoms with Crippen molar-refractivity contribution in [1.29, 1.82) is 0 Å². The van der Waals surface area contributed by atoms with E-state index in [0.29, 0.717) is 78.5 Å². The molecule has 14 heteroatoms. The number of piperidine rings is 1. The summed E-state index contributed by atoms with van der Waals surface area (Å²) in [5.41, 5.74) is 1.94. The molecule has 252 valence electrons. The van der Waals surface area contributed by atoms with Crippen LogP contribution in [0.2, 0.25) is 10.0 Å². The van der Waals surface area contributed by atoms with E-state index in [1.54, 1.807) is 23.4 Å². The highest BCUT2D eigenvalue weighted by Gasteiger charge is 2.27. The number of hydrogen-bond donors (Lipinski definition) is 1. The van der Waals surface area contributed by atoms with Gasteiger partial charge in [0.2, 0.25) is 11.8 Å². The number of likely N-dealkylation sites (tertiary alicyclic amines) is 1.